The molecular weight excluding hydrogens is 296 g/mol. The highest BCUT2D eigenvalue weighted by Crippen LogP contribution is 2.31. The lowest BCUT2D eigenvalue weighted by Gasteiger charge is -2.18. The maximum atomic E-state index is 12.1. The van der Waals surface area contributed by atoms with E-state index in [4.69, 9.17) is 0 Å². The lowest BCUT2D eigenvalue weighted by atomic mass is 10.1. The average molecular weight is 316 g/mol. The van der Waals surface area contributed by atoms with Crippen molar-refractivity contribution < 1.29 is 9.90 Å². The monoisotopic (exact) mass is 316 g/mol. The van der Waals surface area contributed by atoms with Crippen molar-refractivity contribution in [1.29, 1.82) is 0 Å². The Morgan fingerprint density at radius 1 is 1.27 bits per heavy atom. The predicted molar refractivity (Wildman–Crippen MR) is 88.0 cm³/mol. The Bertz CT molecular complexity index is 668. The highest BCUT2D eigenvalue weighted by atomic mass is 32.1. The van der Waals surface area contributed by atoms with Crippen molar-refractivity contribution in [2.45, 2.75) is 38.5 Å². The molecule has 2 amide bonds. The van der Waals surface area contributed by atoms with Gasteiger partial charge in [0.1, 0.15) is 0 Å². The van der Waals surface area contributed by atoms with E-state index >= 15 is 0 Å². The van der Waals surface area contributed by atoms with E-state index in [1.807, 2.05) is 30.3 Å². The number of hydrogen-bond donors (Lipinski definition) is 3. The molecule has 5 heteroatoms. The van der Waals surface area contributed by atoms with E-state index in [0.717, 1.165) is 22.4 Å². The molecule has 1 heterocycles. The summed E-state index contributed by atoms with van der Waals surface area (Å²) in [6, 6.07) is 11.4. The SMILES string of the molecule is CCc1ccc(CNC(=O)NC2c3ccccc3CC2O)s1. The second kappa shape index (κ2) is 6.50. The van der Waals surface area contributed by atoms with Crippen LogP contribution in [0.4, 0.5) is 4.79 Å². The first-order chi connectivity index (χ1) is 10.7. The Hall–Kier alpha value is -1.85. The van der Waals surface area contributed by atoms with Gasteiger partial charge in [0.25, 0.3) is 0 Å². The van der Waals surface area contributed by atoms with Gasteiger partial charge in [-0.1, -0.05) is 31.2 Å². The standard InChI is InChI=1S/C17H20N2O2S/c1-2-12-7-8-13(22-12)10-18-17(21)19-16-14-6-4-3-5-11(14)9-15(16)20/h3-8,15-16,20H,2,9-10H2,1H3,(H2,18,19,21). The molecule has 116 valence electrons. The first-order valence-corrected chi connectivity index (χ1v) is 8.37. The van der Waals surface area contributed by atoms with Crippen LogP contribution >= 0.6 is 11.3 Å². The van der Waals surface area contributed by atoms with Gasteiger partial charge in [-0.15, -0.1) is 11.3 Å². The molecule has 3 N–H and O–H groups in total. The fourth-order valence-electron chi connectivity index (χ4n) is 2.81. The summed E-state index contributed by atoms with van der Waals surface area (Å²) in [5.74, 6) is 0. The van der Waals surface area contributed by atoms with Crippen molar-refractivity contribution in [1.82, 2.24) is 10.6 Å². The minimum Gasteiger partial charge on any atom is -0.390 e. The van der Waals surface area contributed by atoms with Crippen molar-refractivity contribution in [2.24, 2.45) is 0 Å². The molecule has 22 heavy (non-hydrogen) atoms. The summed E-state index contributed by atoms with van der Waals surface area (Å²) >= 11 is 1.71. The number of benzene rings is 1. The Morgan fingerprint density at radius 2 is 2.05 bits per heavy atom. The van der Waals surface area contributed by atoms with Crippen molar-refractivity contribution in [3.05, 3.63) is 57.3 Å². The van der Waals surface area contributed by atoms with Crippen molar-refractivity contribution >= 4 is 17.4 Å². The minimum atomic E-state index is -0.559. The third-order valence-electron chi connectivity index (χ3n) is 3.98. The van der Waals surface area contributed by atoms with Crippen LogP contribution < -0.4 is 10.6 Å². The third-order valence-corrected chi connectivity index (χ3v) is 5.21. The number of amides is 2. The van der Waals surface area contributed by atoms with Gasteiger partial charge in [0.2, 0.25) is 0 Å². The van der Waals surface area contributed by atoms with E-state index in [9.17, 15) is 9.90 Å². The molecule has 1 aromatic carbocycles. The minimum absolute atomic E-state index is 0.243. The molecule has 2 unspecified atom stereocenters. The van der Waals surface area contributed by atoms with Crippen LogP contribution in [0, 0.1) is 0 Å². The largest absolute Gasteiger partial charge is 0.390 e. The van der Waals surface area contributed by atoms with Crippen molar-refractivity contribution in [2.75, 3.05) is 0 Å². The number of nitrogens with one attached hydrogen (secondary N) is 2. The van der Waals surface area contributed by atoms with E-state index < -0.39 is 6.10 Å². The Labute approximate surface area is 134 Å². The second-order valence-electron chi connectivity index (χ2n) is 5.50. The van der Waals surface area contributed by atoms with Crippen molar-refractivity contribution in [3.63, 3.8) is 0 Å². The Balaban J connectivity index is 1.58. The molecule has 3 rings (SSSR count). The fraction of sp³-hybridized carbons (Fsp3) is 0.353. The molecule has 2 aromatic rings. The quantitative estimate of drug-likeness (QED) is 0.812. The van der Waals surface area contributed by atoms with Crippen LogP contribution in [-0.4, -0.2) is 17.2 Å². The average Bonchev–Trinajstić information content (AvgIpc) is 3.10. The van der Waals surface area contributed by atoms with Gasteiger partial charge in [0, 0.05) is 16.2 Å². The Morgan fingerprint density at radius 3 is 2.82 bits per heavy atom. The highest BCUT2D eigenvalue weighted by Gasteiger charge is 2.31. The summed E-state index contributed by atoms with van der Waals surface area (Å²) in [5.41, 5.74) is 2.11. The number of thiophene rings is 1. The number of aliphatic hydroxyl groups excluding tert-OH is 1. The van der Waals surface area contributed by atoms with E-state index in [1.54, 1.807) is 11.3 Å². The summed E-state index contributed by atoms with van der Waals surface area (Å²) < 4.78 is 0. The number of rotatable bonds is 4. The molecule has 0 aliphatic heterocycles. The van der Waals surface area contributed by atoms with Gasteiger partial charge in [0.15, 0.2) is 0 Å². The van der Waals surface area contributed by atoms with Gasteiger partial charge < -0.3 is 15.7 Å². The first kappa shape index (κ1) is 15.1. The molecule has 2 atom stereocenters. The van der Waals surface area contributed by atoms with Crippen LogP contribution in [-0.2, 0) is 19.4 Å². The van der Waals surface area contributed by atoms with E-state index in [0.29, 0.717) is 13.0 Å². The molecule has 0 fully saturated rings. The summed E-state index contributed by atoms with van der Waals surface area (Å²) in [6.45, 7) is 2.63. The molecule has 0 radical (unpaired) electrons. The predicted octanol–water partition coefficient (Wildman–Crippen LogP) is 2.77. The van der Waals surface area contributed by atoms with Crippen molar-refractivity contribution in [3.8, 4) is 0 Å². The number of urea groups is 1. The number of hydrogen-bond acceptors (Lipinski definition) is 3. The molecule has 1 aliphatic carbocycles. The fourth-order valence-corrected chi connectivity index (χ4v) is 3.71. The van der Waals surface area contributed by atoms with Gasteiger partial charge in [-0.25, -0.2) is 4.79 Å². The summed E-state index contributed by atoms with van der Waals surface area (Å²) in [4.78, 5) is 14.5. The molecule has 1 aromatic heterocycles. The van der Waals surface area contributed by atoms with Gasteiger partial charge in [-0.05, 0) is 29.7 Å². The topological polar surface area (TPSA) is 61.4 Å². The molecule has 1 aliphatic rings. The van der Waals surface area contributed by atoms with Gasteiger partial charge >= 0.3 is 6.03 Å². The lowest BCUT2D eigenvalue weighted by molar-refractivity contribution is 0.142. The summed E-state index contributed by atoms with van der Waals surface area (Å²) in [5, 5.41) is 15.9. The van der Waals surface area contributed by atoms with Crippen LogP contribution in [0.15, 0.2) is 36.4 Å². The van der Waals surface area contributed by atoms with Gasteiger partial charge in [-0.2, -0.15) is 0 Å². The second-order valence-corrected chi connectivity index (χ2v) is 6.75. The highest BCUT2D eigenvalue weighted by molar-refractivity contribution is 7.11. The smallest absolute Gasteiger partial charge is 0.315 e. The molecular formula is C17H20N2O2S. The zero-order valence-electron chi connectivity index (χ0n) is 12.5. The first-order valence-electron chi connectivity index (χ1n) is 7.55. The van der Waals surface area contributed by atoms with E-state index in [1.165, 1.54) is 4.88 Å². The maximum absolute atomic E-state index is 12.1. The maximum Gasteiger partial charge on any atom is 0.315 e. The van der Waals surface area contributed by atoms with Crippen LogP contribution in [0.2, 0.25) is 0 Å². The van der Waals surface area contributed by atoms with Gasteiger partial charge in [-0.3, -0.25) is 0 Å². The number of aliphatic hydroxyl groups is 1. The Kier molecular flexibility index (Phi) is 4.45. The van der Waals surface area contributed by atoms with Gasteiger partial charge in [0.05, 0.1) is 18.7 Å². The lowest BCUT2D eigenvalue weighted by Crippen LogP contribution is -2.40. The zero-order chi connectivity index (χ0) is 15.5. The molecule has 0 saturated carbocycles. The van der Waals surface area contributed by atoms with Crippen LogP contribution in [0.25, 0.3) is 0 Å². The molecule has 0 spiro atoms. The van der Waals surface area contributed by atoms with E-state index in [2.05, 4.69) is 23.6 Å². The molecule has 0 bridgehead atoms. The zero-order valence-corrected chi connectivity index (χ0v) is 13.3. The van der Waals surface area contributed by atoms with Crippen LogP contribution in [0.5, 0.6) is 0 Å². The summed E-state index contributed by atoms with van der Waals surface area (Å²) in [7, 11) is 0. The van der Waals surface area contributed by atoms with E-state index in [-0.39, 0.29) is 12.1 Å². The number of carbonyl (C=O) groups is 1. The van der Waals surface area contributed by atoms with Crippen LogP contribution in [0.3, 0.4) is 0 Å². The number of fused-ring (bicyclic) bond motifs is 1. The summed E-state index contributed by atoms with van der Waals surface area (Å²) in [6.07, 6.45) is 1.05. The normalized spacial score (nSPS) is 19.7. The molecule has 0 saturated heterocycles. The molecule has 4 nitrogen and oxygen atoms in total. The number of aryl methyl sites for hydroxylation is 1. The third kappa shape index (κ3) is 3.15. The number of carbonyl (C=O) groups excluding carboxylic acids is 1. The van der Waals surface area contributed by atoms with Crippen LogP contribution in [0.1, 0.15) is 33.8 Å².